The van der Waals surface area contributed by atoms with Gasteiger partial charge in [-0.25, -0.2) is 0 Å². The molecule has 7 nitrogen and oxygen atoms in total. The van der Waals surface area contributed by atoms with E-state index < -0.39 is 5.97 Å². The van der Waals surface area contributed by atoms with Crippen LogP contribution >= 0.6 is 0 Å². The van der Waals surface area contributed by atoms with Crippen LogP contribution in [0.1, 0.15) is 10.4 Å². The predicted octanol–water partition coefficient (Wildman–Crippen LogP) is 0.813. The van der Waals surface area contributed by atoms with E-state index in [0.717, 1.165) is 0 Å². The lowest BCUT2D eigenvalue weighted by atomic mass is 10.3. The van der Waals surface area contributed by atoms with Crippen LogP contribution in [0.3, 0.4) is 0 Å². The fourth-order valence-corrected chi connectivity index (χ4v) is 1.25. The Morgan fingerprint density at radius 1 is 1.53 bits per heavy atom. The van der Waals surface area contributed by atoms with E-state index in [1.807, 2.05) is 0 Å². The maximum absolute atomic E-state index is 11.6. The summed E-state index contributed by atoms with van der Waals surface area (Å²) in [5, 5.41) is 14.9. The Labute approximate surface area is 95.7 Å². The van der Waals surface area contributed by atoms with E-state index in [1.165, 1.54) is 35.7 Å². The lowest BCUT2D eigenvalue weighted by molar-refractivity contribution is -0.137. The molecule has 0 atom stereocenters. The highest BCUT2D eigenvalue weighted by Crippen LogP contribution is 2.08. The van der Waals surface area contributed by atoms with Crippen LogP contribution in [-0.2, 0) is 11.3 Å². The molecule has 0 saturated carbocycles. The second kappa shape index (κ2) is 4.52. The zero-order chi connectivity index (χ0) is 12.3. The minimum atomic E-state index is -0.999. The second-order valence-corrected chi connectivity index (χ2v) is 3.29. The largest absolute Gasteiger partial charge is 0.480 e. The van der Waals surface area contributed by atoms with Crippen LogP contribution in [-0.4, -0.2) is 26.8 Å². The van der Waals surface area contributed by atoms with Crippen LogP contribution < -0.4 is 5.32 Å². The highest BCUT2D eigenvalue weighted by atomic mass is 16.4. The molecule has 0 radical (unpaired) electrons. The van der Waals surface area contributed by atoms with E-state index in [0.29, 0.717) is 11.3 Å². The van der Waals surface area contributed by atoms with Crippen molar-refractivity contribution in [3.05, 3.63) is 36.5 Å². The molecule has 1 amide bonds. The summed E-state index contributed by atoms with van der Waals surface area (Å²) >= 11 is 0. The average molecular weight is 235 g/mol. The Morgan fingerprint density at radius 3 is 3.00 bits per heavy atom. The zero-order valence-corrected chi connectivity index (χ0v) is 8.66. The molecule has 0 saturated heterocycles. The highest BCUT2D eigenvalue weighted by Gasteiger charge is 2.09. The van der Waals surface area contributed by atoms with Crippen molar-refractivity contribution in [2.45, 2.75) is 6.54 Å². The Bertz CT molecular complexity index is 530. The van der Waals surface area contributed by atoms with Gasteiger partial charge in [0.15, 0.2) is 0 Å². The number of hydrogen-bond donors (Lipinski definition) is 2. The van der Waals surface area contributed by atoms with E-state index in [9.17, 15) is 9.59 Å². The van der Waals surface area contributed by atoms with Gasteiger partial charge in [-0.05, 0) is 6.07 Å². The fraction of sp³-hybridized carbons (Fsp3) is 0.100. The summed E-state index contributed by atoms with van der Waals surface area (Å²) in [6.07, 6.45) is 5.52. The van der Waals surface area contributed by atoms with Crippen molar-refractivity contribution in [3.8, 4) is 0 Å². The van der Waals surface area contributed by atoms with E-state index in [1.54, 1.807) is 0 Å². The number of nitrogens with zero attached hydrogens (tertiary/aromatic N) is 2. The lowest BCUT2D eigenvalue weighted by Crippen LogP contribution is -2.11. The van der Waals surface area contributed by atoms with Gasteiger partial charge >= 0.3 is 5.97 Å². The van der Waals surface area contributed by atoms with Crippen LogP contribution in [0.5, 0.6) is 0 Å². The van der Waals surface area contributed by atoms with Crippen molar-refractivity contribution in [3.63, 3.8) is 0 Å². The van der Waals surface area contributed by atoms with E-state index >= 15 is 0 Å². The Morgan fingerprint density at radius 2 is 2.35 bits per heavy atom. The van der Waals surface area contributed by atoms with Gasteiger partial charge in [0.05, 0.1) is 23.7 Å². The molecule has 2 aromatic rings. The van der Waals surface area contributed by atoms with Gasteiger partial charge in [-0.1, -0.05) is 0 Å². The van der Waals surface area contributed by atoms with Gasteiger partial charge in [0.25, 0.3) is 5.91 Å². The third kappa shape index (κ3) is 2.71. The summed E-state index contributed by atoms with van der Waals surface area (Å²) in [5.41, 5.74) is 0.813. The molecule has 2 N–H and O–H groups in total. The van der Waals surface area contributed by atoms with Gasteiger partial charge in [0.2, 0.25) is 0 Å². The Hall–Kier alpha value is -2.57. The van der Waals surface area contributed by atoms with Gasteiger partial charge in [0.1, 0.15) is 12.8 Å². The second-order valence-electron chi connectivity index (χ2n) is 3.29. The minimum absolute atomic E-state index is 0.248. The molecule has 88 valence electrons. The van der Waals surface area contributed by atoms with Gasteiger partial charge in [-0.15, -0.1) is 0 Å². The molecule has 2 heterocycles. The summed E-state index contributed by atoms with van der Waals surface area (Å²) in [7, 11) is 0. The van der Waals surface area contributed by atoms with E-state index in [4.69, 9.17) is 9.52 Å². The van der Waals surface area contributed by atoms with Crippen molar-refractivity contribution in [2.24, 2.45) is 0 Å². The first kappa shape index (κ1) is 10.9. The molecule has 17 heavy (non-hydrogen) atoms. The molecule has 0 bridgehead atoms. The maximum atomic E-state index is 11.6. The average Bonchev–Trinajstić information content (AvgIpc) is 2.87. The van der Waals surface area contributed by atoms with Crippen molar-refractivity contribution < 1.29 is 19.1 Å². The minimum Gasteiger partial charge on any atom is -0.480 e. The van der Waals surface area contributed by atoms with Gasteiger partial charge in [-0.3, -0.25) is 14.3 Å². The van der Waals surface area contributed by atoms with E-state index in [-0.39, 0.29) is 12.5 Å². The van der Waals surface area contributed by atoms with Crippen LogP contribution in [0, 0.1) is 0 Å². The number of hydrogen-bond acceptors (Lipinski definition) is 4. The highest BCUT2D eigenvalue weighted by molar-refractivity contribution is 6.03. The number of carbonyl (C=O) groups is 2. The third-order valence-electron chi connectivity index (χ3n) is 1.97. The molecule has 0 unspecified atom stereocenters. The van der Waals surface area contributed by atoms with Gasteiger partial charge in [-0.2, -0.15) is 5.10 Å². The topological polar surface area (TPSA) is 97.4 Å². The molecule has 7 heteroatoms. The SMILES string of the molecule is O=C(O)Cn1cc(NC(=O)c2ccoc2)cn1. The molecule has 2 rings (SSSR count). The summed E-state index contributed by atoms with van der Waals surface area (Å²) < 4.78 is 5.99. The molecular weight excluding hydrogens is 226 g/mol. The summed E-state index contributed by atoms with van der Waals surface area (Å²) in [6.45, 7) is -0.248. The number of aliphatic carboxylic acids is 1. The number of rotatable bonds is 4. The van der Waals surface area contributed by atoms with Crippen LogP contribution in [0.2, 0.25) is 0 Å². The molecular formula is C10H9N3O4. The van der Waals surface area contributed by atoms with Gasteiger partial charge < -0.3 is 14.8 Å². The first-order chi connectivity index (χ1) is 8.15. The standard InChI is InChI=1S/C10H9N3O4/c14-9(15)5-13-4-8(3-11-13)12-10(16)7-1-2-17-6-7/h1-4,6H,5H2,(H,12,16)(H,14,15). The van der Waals surface area contributed by atoms with Crippen LogP contribution in [0.4, 0.5) is 5.69 Å². The monoisotopic (exact) mass is 235 g/mol. The lowest BCUT2D eigenvalue weighted by Gasteiger charge is -1.98. The van der Waals surface area contributed by atoms with Crippen molar-refractivity contribution >= 4 is 17.6 Å². The van der Waals surface area contributed by atoms with Crippen molar-refractivity contribution in [2.75, 3.05) is 5.32 Å². The number of nitrogens with one attached hydrogen (secondary N) is 1. The van der Waals surface area contributed by atoms with Crippen molar-refractivity contribution in [1.29, 1.82) is 0 Å². The predicted molar refractivity (Wildman–Crippen MR) is 56.5 cm³/mol. The van der Waals surface area contributed by atoms with E-state index in [2.05, 4.69) is 10.4 Å². The first-order valence-corrected chi connectivity index (χ1v) is 4.73. The fourth-order valence-electron chi connectivity index (χ4n) is 1.25. The summed E-state index contributed by atoms with van der Waals surface area (Å²) in [4.78, 5) is 22.0. The van der Waals surface area contributed by atoms with Crippen molar-refractivity contribution in [1.82, 2.24) is 9.78 Å². The Kier molecular flexibility index (Phi) is 2.91. The summed E-state index contributed by atoms with van der Waals surface area (Å²) in [6, 6.07) is 1.52. The maximum Gasteiger partial charge on any atom is 0.325 e. The molecule has 0 aliphatic carbocycles. The number of amides is 1. The number of anilines is 1. The first-order valence-electron chi connectivity index (χ1n) is 4.73. The molecule has 2 aromatic heterocycles. The van der Waals surface area contributed by atoms with Crippen LogP contribution in [0.15, 0.2) is 35.4 Å². The number of carboxylic acid groups (broad SMARTS) is 1. The molecule has 0 aliphatic heterocycles. The molecule has 0 spiro atoms. The zero-order valence-electron chi connectivity index (χ0n) is 8.66. The smallest absolute Gasteiger partial charge is 0.325 e. The molecule has 0 aromatic carbocycles. The Balaban J connectivity index is 2.02. The number of carbonyl (C=O) groups excluding carboxylic acids is 1. The summed E-state index contributed by atoms with van der Waals surface area (Å²) in [5.74, 6) is -1.34. The number of furan rings is 1. The molecule has 0 fully saturated rings. The molecule has 0 aliphatic rings. The number of carboxylic acids is 1. The quantitative estimate of drug-likeness (QED) is 0.817. The third-order valence-corrected chi connectivity index (χ3v) is 1.97. The van der Waals surface area contributed by atoms with Gasteiger partial charge in [0, 0.05) is 6.20 Å². The number of aromatic nitrogens is 2. The normalized spacial score (nSPS) is 10.1. The van der Waals surface area contributed by atoms with Crippen LogP contribution in [0.25, 0.3) is 0 Å².